The van der Waals surface area contributed by atoms with E-state index in [1.54, 1.807) is 0 Å². The third-order valence-corrected chi connectivity index (χ3v) is 1.87. The maximum atomic E-state index is 4.81. The molecule has 0 aromatic heterocycles. The van der Waals surface area contributed by atoms with Crippen LogP contribution in [0, 0.1) is 0 Å². The third-order valence-electron chi connectivity index (χ3n) is 1.87. The zero-order valence-electron chi connectivity index (χ0n) is 9.45. The lowest BCUT2D eigenvalue weighted by atomic mass is 10.2. The molecule has 15 heavy (non-hydrogen) atoms. The molecular weight excluding hydrogens is 192 g/mol. The SMILES string of the molecule is C=CCCCCOOOCCCCC=C. The molecule has 0 saturated heterocycles. The summed E-state index contributed by atoms with van der Waals surface area (Å²) < 4.78 is 0. The van der Waals surface area contributed by atoms with Crippen LogP contribution in [0.3, 0.4) is 0 Å². The molecule has 0 spiro atoms. The van der Waals surface area contributed by atoms with Gasteiger partial charge in [-0.3, -0.25) is 0 Å². The Hall–Kier alpha value is -0.640. The zero-order chi connectivity index (χ0) is 11.2. The number of hydrogen-bond donors (Lipinski definition) is 0. The Balaban J connectivity index is 2.86. The fraction of sp³-hybridized carbons (Fsp3) is 0.667. The second-order valence-electron chi connectivity index (χ2n) is 3.28. The monoisotopic (exact) mass is 214 g/mol. The van der Waals surface area contributed by atoms with Gasteiger partial charge < -0.3 is 0 Å². The Bertz CT molecular complexity index is 130. The number of unbranched alkanes of at least 4 members (excludes halogenated alkanes) is 4. The first-order valence-corrected chi connectivity index (χ1v) is 5.54. The molecular formula is C12H22O3. The normalized spacial score (nSPS) is 10.1. The van der Waals surface area contributed by atoms with Crippen LogP contribution in [0.2, 0.25) is 0 Å². The summed E-state index contributed by atoms with van der Waals surface area (Å²) in [4.78, 5) is 9.62. The van der Waals surface area contributed by atoms with E-state index < -0.39 is 0 Å². The van der Waals surface area contributed by atoms with Crippen molar-refractivity contribution in [1.29, 1.82) is 0 Å². The van der Waals surface area contributed by atoms with Crippen LogP contribution in [0.15, 0.2) is 25.3 Å². The van der Waals surface area contributed by atoms with E-state index >= 15 is 0 Å². The summed E-state index contributed by atoms with van der Waals surface area (Å²) in [5.41, 5.74) is 0. The van der Waals surface area contributed by atoms with Crippen molar-refractivity contribution in [2.75, 3.05) is 13.2 Å². The van der Waals surface area contributed by atoms with Crippen LogP contribution in [-0.4, -0.2) is 13.2 Å². The van der Waals surface area contributed by atoms with Crippen LogP contribution in [0.25, 0.3) is 0 Å². The van der Waals surface area contributed by atoms with Gasteiger partial charge in [-0.1, -0.05) is 17.2 Å². The fourth-order valence-corrected chi connectivity index (χ4v) is 1.00. The first-order chi connectivity index (χ1) is 7.41. The van der Waals surface area contributed by atoms with Crippen LogP contribution in [0.5, 0.6) is 0 Å². The second kappa shape index (κ2) is 13.4. The van der Waals surface area contributed by atoms with E-state index in [0.717, 1.165) is 38.5 Å². The van der Waals surface area contributed by atoms with Gasteiger partial charge in [-0.15, -0.1) is 13.2 Å². The van der Waals surface area contributed by atoms with E-state index in [0.29, 0.717) is 13.2 Å². The zero-order valence-corrected chi connectivity index (χ0v) is 9.45. The summed E-state index contributed by atoms with van der Waals surface area (Å²) in [7, 11) is 0. The molecule has 0 aliphatic rings. The summed E-state index contributed by atoms with van der Waals surface area (Å²) in [5, 5.41) is 4.54. The largest absolute Gasteiger partial charge is 0.206 e. The molecule has 0 aromatic carbocycles. The summed E-state index contributed by atoms with van der Waals surface area (Å²) >= 11 is 0. The van der Waals surface area contributed by atoms with Gasteiger partial charge in [-0.05, 0) is 38.5 Å². The van der Waals surface area contributed by atoms with E-state index in [2.05, 4.69) is 18.2 Å². The summed E-state index contributed by atoms with van der Waals surface area (Å²) in [6.07, 6.45) is 9.92. The van der Waals surface area contributed by atoms with Crippen molar-refractivity contribution in [3.05, 3.63) is 25.3 Å². The van der Waals surface area contributed by atoms with Gasteiger partial charge in [0.25, 0.3) is 0 Å². The van der Waals surface area contributed by atoms with Crippen LogP contribution in [-0.2, 0) is 14.8 Å². The van der Waals surface area contributed by atoms with Gasteiger partial charge in [0, 0.05) is 0 Å². The molecule has 0 fully saturated rings. The molecule has 3 heteroatoms. The first-order valence-electron chi connectivity index (χ1n) is 5.54. The van der Waals surface area contributed by atoms with Crippen molar-refractivity contribution in [2.24, 2.45) is 0 Å². The van der Waals surface area contributed by atoms with E-state index in [-0.39, 0.29) is 0 Å². The quantitative estimate of drug-likeness (QED) is 0.215. The number of allylic oxidation sites excluding steroid dienone is 2. The highest BCUT2D eigenvalue weighted by Gasteiger charge is 1.91. The van der Waals surface area contributed by atoms with Crippen molar-refractivity contribution in [3.8, 4) is 0 Å². The Morgan fingerprint density at radius 3 is 1.60 bits per heavy atom. The van der Waals surface area contributed by atoms with Gasteiger partial charge in [0.2, 0.25) is 0 Å². The van der Waals surface area contributed by atoms with E-state index in [9.17, 15) is 0 Å². The molecule has 0 aromatic rings. The van der Waals surface area contributed by atoms with Gasteiger partial charge >= 0.3 is 0 Å². The first kappa shape index (κ1) is 14.4. The molecule has 88 valence electrons. The van der Waals surface area contributed by atoms with Gasteiger partial charge in [-0.2, -0.15) is 0 Å². The second-order valence-corrected chi connectivity index (χ2v) is 3.28. The molecule has 3 nitrogen and oxygen atoms in total. The van der Waals surface area contributed by atoms with Gasteiger partial charge in [-0.25, -0.2) is 9.78 Å². The Labute approximate surface area is 92.6 Å². The lowest BCUT2D eigenvalue weighted by molar-refractivity contribution is -0.512. The predicted octanol–water partition coefficient (Wildman–Crippen LogP) is 3.58. The van der Waals surface area contributed by atoms with Crippen LogP contribution < -0.4 is 0 Å². The maximum Gasteiger partial charge on any atom is 0.0853 e. The van der Waals surface area contributed by atoms with Crippen molar-refractivity contribution in [1.82, 2.24) is 0 Å². The van der Waals surface area contributed by atoms with E-state index in [1.165, 1.54) is 0 Å². The van der Waals surface area contributed by atoms with Crippen LogP contribution in [0.4, 0.5) is 0 Å². The van der Waals surface area contributed by atoms with Gasteiger partial charge in [0.15, 0.2) is 0 Å². The van der Waals surface area contributed by atoms with Crippen LogP contribution in [0.1, 0.15) is 38.5 Å². The average Bonchev–Trinajstić information content (AvgIpc) is 2.26. The molecule has 0 atom stereocenters. The molecule has 0 bridgehead atoms. The molecule has 0 radical (unpaired) electrons. The lowest BCUT2D eigenvalue weighted by Crippen LogP contribution is -2.00. The topological polar surface area (TPSA) is 27.7 Å². The predicted molar refractivity (Wildman–Crippen MR) is 61.1 cm³/mol. The Morgan fingerprint density at radius 2 is 1.20 bits per heavy atom. The van der Waals surface area contributed by atoms with Crippen molar-refractivity contribution in [2.45, 2.75) is 38.5 Å². The molecule has 0 amide bonds. The third kappa shape index (κ3) is 13.4. The van der Waals surface area contributed by atoms with Crippen molar-refractivity contribution >= 4 is 0 Å². The van der Waals surface area contributed by atoms with E-state index in [4.69, 9.17) is 9.78 Å². The molecule has 0 aliphatic heterocycles. The minimum Gasteiger partial charge on any atom is -0.206 e. The fourth-order valence-electron chi connectivity index (χ4n) is 1.00. The maximum absolute atomic E-state index is 4.81. The number of rotatable bonds is 12. The van der Waals surface area contributed by atoms with Gasteiger partial charge in [0.1, 0.15) is 0 Å². The highest BCUT2D eigenvalue weighted by molar-refractivity contribution is 4.65. The van der Waals surface area contributed by atoms with Crippen molar-refractivity contribution < 1.29 is 14.8 Å². The summed E-state index contributed by atoms with van der Waals surface area (Å²) in [5.74, 6) is 0. The summed E-state index contributed by atoms with van der Waals surface area (Å²) in [6, 6.07) is 0. The molecule has 0 saturated carbocycles. The minimum atomic E-state index is 0.570. The van der Waals surface area contributed by atoms with Crippen molar-refractivity contribution in [3.63, 3.8) is 0 Å². The smallest absolute Gasteiger partial charge is 0.0853 e. The van der Waals surface area contributed by atoms with Crippen LogP contribution >= 0.6 is 0 Å². The number of hydrogen-bond acceptors (Lipinski definition) is 3. The lowest BCUT2D eigenvalue weighted by Gasteiger charge is -2.02. The highest BCUT2D eigenvalue weighted by Crippen LogP contribution is 1.98. The van der Waals surface area contributed by atoms with Gasteiger partial charge in [0.05, 0.1) is 13.2 Å². The minimum absolute atomic E-state index is 0.570. The molecule has 0 heterocycles. The highest BCUT2D eigenvalue weighted by atomic mass is 17.5. The summed E-state index contributed by atoms with van der Waals surface area (Å²) in [6.45, 7) is 8.42. The molecule has 0 aliphatic carbocycles. The Kier molecular flexibility index (Phi) is 12.8. The molecule has 0 N–H and O–H groups in total. The average molecular weight is 214 g/mol. The standard InChI is InChI=1S/C12H22O3/c1-3-5-7-9-11-13-15-14-12-10-8-6-4-2/h3-4H,1-2,5-12H2. The molecule has 0 rings (SSSR count). The molecule has 0 unspecified atom stereocenters. The van der Waals surface area contributed by atoms with E-state index in [1.807, 2.05) is 12.2 Å². The Morgan fingerprint density at radius 1 is 0.733 bits per heavy atom.